The van der Waals surface area contributed by atoms with Crippen LogP contribution >= 0.6 is 12.4 Å². The van der Waals surface area contributed by atoms with E-state index in [1.807, 2.05) is 48.5 Å². The highest BCUT2D eigenvalue weighted by atomic mass is 35.5. The van der Waals surface area contributed by atoms with E-state index >= 15 is 0 Å². The lowest BCUT2D eigenvalue weighted by Gasteiger charge is -2.18. The predicted molar refractivity (Wildman–Crippen MR) is 145 cm³/mol. The Labute approximate surface area is 218 Å². The smallest absolute Gasteiger partial charge is 0.225 e. The molecule has 9 heteroatoms. The summed E-state index contributed by atoms with van der Waals surface area (Å²) >= 11 is 0. The molecule has 0 radical (unpaired) electrons. The van der Waals surface area contributed by atoms with Crippen LogP contribution in [0.2, 0.25) is 0 Å². The van der Waals surface area contributed by atoms with Gasteiger partial charge >= 0.3 is 0 Å². The van der Waals surface area contributed by atoms with E-state index in [0.717, 1.165) is 48.3 Å². The first-order valence-electron chi connectivity index (χ1n) is 11.9. The van der Waals surface area contributed by atoms with Crippen LogP contribution in [0.15, 0.2) is 54.7 Å². The summed E-state index contributed by atoms with van der Waals surface area (Å²) < 4.78 is 10.7. The predicted octanol–water partition coefficient (Wildman–Crippen LogP) is 4.66. The van der Waals surface area contributed by atoms with Gasteiger partial charge in [-0.05, 0) is 68.8 Å². The molecule has 0 spiro atoms. The van der Waals surface area contributed by atoms with Crippen LogP contribution in [-0.4, -0.2) is 61.2 Å². The summed E-state index contributed by atoms with van der Waals surface area (Å²) in [5, 5.41) is 6.33. The first-order chi connectivity index (χ1) is 17.1. The zero-order chi connectivity index (χ0) is 24.6. The molecule has 1 atom stereocenters. The van der Waals surface area contributed by atoms with Crippen LogP contribution in [0.25, 0.3) is 11.3 Å². The van der Waals surface area contributed by atoms with Crippen molar-refractivity contribution in [1.29, 1.82) is 0 Å². The van der Waals surface area contributed by atoms with Gasteiger partial charge < -0.3 is 25.0 Å². The van der Waals surface area contributed by atoms with Gasteiger partial charge in [-0.1, -0.05) is 18.2 Å². The first kappa shape index (κ1) is 27.2. The Bertz CT molecular complexity index is 1160. The number of nitrogens with zero attached hydrogens (tertiary/aromatic N) is 3. The molecule has 2 heterocycles. The molecule has 1 aromatic heterocycles. The molecule has 0 saturated carbocycles. The van der Waals surface area contributed by atoms with Crippen molar-refractivity contribution in [3.05, 3.63) is 60.3 Å². The highest BCUT2D eigenvalue weighted by molar-refractivity contribution is 5.91. The Balaban J connectivity index is 0.00000361. The topological polar surface area (TPSA) is 88.6 Å². The second-order valence-electron chi connectivity index (χ2n) is 8.74. The quantitative estimate of drug-likeness (QED) is 0.409. The lowest BCUT2D eigenvalue weighted by molar-refractivity contribution is -0.117. The molecule has 1 fully saturated rings. The van der Waals surface area contributed by atoms with Gasteiger partial charge in [0, 0.05) is 36.5 Å². The molecule has 2 N–H and O–H groups in total. The Morgan fingerprint density at radius 2 is 1.94 bits per heavy atom. The molecule has 0 bridgehead atoms. The minimum absolute atomic E-state index is 0. The largest absolute Gasteiger partial charge is 0.493 e. The summed E-state index contributed by atoms with van der Waals surface area (Å²) in [5.41, 5.74) is 3.61. The molecular weight excluding hydrogens is 478 g/mol. The van der Waals surface area contributed by atoms with Crippen molar-refractivity contribution in [3.63, 3.8) is 0 Å². The van der Waals surface area contributed by atoms with E-state index in [0.29, 0.717) is 36.5 Å². The van der Waals surface area contributed by atoms with Gasteiger partial charge in [-0.15, -0.1) is 12.4 Å². The number of rotatable bonds is 10. The number of aromatic nitrogens is 2. The average Bonchev–Trinajstić information content (AvgIpc) is 3.28. The lowest BCUT2D eigenvalue weighted by atomic mass is 10.1. The highest BCUT2D eigenvalue weighted by Crippen LogP contribution is 2.28. The number of ether oxygens (including phenoxy) is 2. The Morgan fingerprint density at radius 1 is 1.11 bits per heavy atom. The standard InChI is InChI=1S/C27H33N5O3.ClH/c1-32-15-5-8-22(32)18-26(33)30-21-7-4-6-20(17-21)23-12-14-29-27(31-23)28-13-11-19-9-10-24(34-2)25(16-19)35-3;/h4,6-7,9-10,12,14,16-17,22H,5,8,11,13,15,18H2,1-3H3,(H,30,33)(H,28,29,31);1H. The molecule has 3 aromatic rings. The molecule has 1 saturated heterocycles. The third-order valence-electron chi connectivity index (χ3n) is 6.33. The van der Waals surface area contributed by atoms with E-state index in [9.17, 15) is 4.79 Å². The Hall–Kier alpha value is -3.36. The third-order valence-corrected chi connectivity index (χ3v) is 6.33. The van der Waals surface area contributed by atoms with Crippen molar-refractivity contribution in [2.24, 2.45) is 0 Å². The van der Waals surface area contributed by atoms with Crippen molar-refractivity contribution in [2.45, 2.75) is 31.7 Å². The van der Waals surface area contributed by atoms with Crippen LogP contribution in [0.1, 0.15) is 24.8 Å². The fraction of sp³-hybridized carbons (Fsp3) is 0.370. The van der Waals surface area contributed by atoms with E-state index in [2.05, 4.69) is 32.5 Å². The number of benzene rings is 2. The number of hydrogen-bond donors (Lipinski definition) is 2. The van der Waals surface area contributed by atoms with E-state index in [1.165, 1.54) is 0 Å². The maximum atomic E-state index is 12.5. The Morgan fingerprint density at radius 3 is 2.69 bits per heavy atom. The molecule has 0 aliphatic carbocycles. The van der Waals surface area contributed by atoms with Crippen LogP contribution < -0.4 is 20.1 Å². The second-order valence-corrected chi connectivity index (χ2v) is 8.74. The van der Waals surface area contributed by atoms with Gasteiger partial charge in [0.1, 0.15) is 0 Å². The van der Waals surface area contributed by atoms with Gasteiger partial charge in [-0.2, -0.15) is 0 Å². The number of anilines is 2. The molecule has 1 unspecified atom stereocenters. The molecule has 1 aliphatic heterocycles. The van der Waals surface area contributed by atoms with Gasteiger partial charge in [0.05, 0.1) is 19.9 Å². The molecule has 8 nitrogen and oxygen atoms in total. The zero-order valence-electron chi connectivity index (χ0n) is 21.0. The molecule has 2 aromatic carbocycles. The molecule has 1 aliphatic rings. The van der Waals surface area contributed by atoms with E-state index in [4.69, 9.17) is 9.47 Å². The number of halogens is 1. The summed E-state index contributed by atoms with van der Waals surface area (Å²) in [7, 11) is 5.34. The van der Waals surface area contributed by atoms with Gasteiger partial charge in [-0.25, -0.2) is 9.97 Å². The first-order valence-corrected chi connectivity index (χ1v) is 11.9. The van der Waals surface area contributed by atoms with Gasteiger partial charge in [-0.3, -0.25) is 4.79 Å². The van der Waals surface area contributed by atoms with Gasteiger partial charge in [0.2, 0.25) is 11.9 Å². The SMILES string of the molecule is COc1ccc(CCNc2nccc(-c3cccc(NC(=O)CC4CCCN4C)c3)n2)cc1OC.Cl. The lowest BCUT2D eigenvalue weighted by Crippen LogP contribution is -2.29. The number of hydrogen-bond acceptors (Lipinski definition) is 7. The van der Waals surface area contributed by atoms with Crippen LogP contribution in [-0.2, 0) is 11.2 Å². The van der Waals surface area contributed by atoms with Crippen LogP contribution in [0, 0.1) is 0 Å². The van der Waals surface area contributed by atoms with Gasteiger partial charge in [0.25, 0.3) is 0 Å². The minimum Gasteiger partial charge on any atom is -0.493 e. The summed E-state index contributed by atoms with van der Waals surface area (Å²) in [5.74, 6) is 2.03. The fourth-order valence-corrected chi connectivity index (χ4v) is 4.38. The van der Waals surface area contributed by atoms with Crippen LogP contribution in [0.3, 0.4) is 0 Å². The van der Waals surface area contributed by atoms with Gasteiger partial charge in [0.15, 0.2) is 11.5 Å². The molecule has 192 valence electrons. The molecule has 1 amide bonds. The Kier molecular flexibility index (Phi) is 9.90. The normalized spacial score (nSPS) is 15.1. The van der Waals surface area contributed by atoms with Crippen molar-refractivity contribution >= 4 is 29.9 Å². The number of likely N-dealkylation sites (tertiary alicyclic amines) is 1. The van der Waals surface area contributed by atoms with E-state index in [-0.39, 0.29) is 18.3 Å². The maximum absolute atomic E-state index is 12.5. The summed E-state index contributed by atoms with van der Waals surface area (Å²) in [6.07, 6.45) is 5.27. The highest BCUT2D eigenvalue weighted by Gasteiger charge is 2.23. The number of amides is 1. The monoisotopic (exact) mass is 511 g/mol. The number of carbonyl (C=O) groups is 1. The number of nitrogens with one attached hydrogen (secondary N) is 2. The maximum Gasteiger partial charge on any atom is 0.225 e. The fourth-order valence-electron chi connectivity index (χ4n) is 4.38. The average molecular weight is 512 g/mol. The summed E-state index contributed by atoms with van der Waals surface area (Å²) in [6, 6.07) is 15.9. The number of carbonyl (C=O) groups excluding carboxylic acids is 1. The molecule has 36 heavy (non-hydrogen) atoms. The van der Waals surface area contributed by atoms with Crippen molar-refractivity contribution in [1.82, 2.24) is 14.9 Å². The zero-order valence-corrected chi connectivity index (χ0v) is 21.8. The van der Waals surface area contributed by atoms with Crippen molar-refractivity contribution in [2.75, 3.05) is 45.0 Å². The molecular formula is C27H34ClN5O3. The second kappa shape index (κ2) is 13.1. The van der Waals surface area contributed by atoms with Crippen LogP contribution in [0.4, 0.5) is 11.6 Å². The van der Waals surface area contributed by atoms with E-state index in [1.54, 1.807) is 20.4 Å². The molecule has 4 rings (SSSR count). The van der Waals surface area contributed by atoms with Crippen molar-refractivity contribution < 1.29 is 14.3 Å². The van der Waals surface area contributed by atoms with Crippen molar-refractivity contribution in [3.8, 4) is 22.8 Å². The van der Waals surface area contributed by atoms with Crippen LogP contribution in [0.5, 0.6) is 11.5 Å². The summed E-state index contributed by atoms with van der Waals surface area (Å²) in [6.45, 7) is 1.73. The number of methoxy groups -OCH3 is 2. The van der Waals surface area contributed by atoms with E-state index < -0.39 is 0 Å². The minimum atomic E-state index is 0. The third kappa shape index (κ3) is 7.08. The summed E-state index contributed by atoms with van der Waals surface area (Å²) in [4.78, 5) is 23.8.